The van der Waals surface area contributed by atoms with Crippen LogP contribution in [0.3, 0.4) is 0 Å². The summed E-state index contributed by atoms with van der Waals surface area (Å²) in [5, 5.41) is 2.68. The number of hydrogen-bond acceptors (Lipinski definition) is 6. The number of imidazole rings is 1. The monoisotopic (exact) mass is 571 g/mol. The average Bonchev–Trinajstić information content (AvgIpc) is 3.44. The molecule has 0 saturated carbocycles. The Morgan fingerprint density at radius 2 is 1.60 bits per heavy atom. The van der Waals surface area contributed by atoms with Crippen LogP contribution in [-0.4, -0.2) is 41.5 Å². The Morgan fingerprint density at radius 3 is 2.26 bits per heavy atom. The molecule has 0 fully saturated rings. The van der Waals surface area contributed by atoms with Crippen molar-refractivity contribution >= 4 is 17.5 Å². The van der Waals surface area contributed by atoms with Crippen LogP contribution in [0.1, 0.15) is 21.6 Å². The normalized spacial score (nSPS) is 11.6. The van der Waals surface area contributed by atoms with Gasteiger partial charge in [-0.25, -0.2) is 18.6 Å². The van der Waals surface area contributed by atoms with Gasteiger partial charge < -0.3 is 23.9 Å². The van der Waals surface area contributed by atoms with Gasteiger partial charge in [-0.15, -0.1) is 0 Å². The summed E-state index contributed by atoms with van der Waals surface area (Å²) in [6.07, 6.45) is 3.05. The summed E-state index contributed by atoms with van der Waals surface area (Å²) in [6, 6.07) is 21.2. The van der Waals surface area contributed by atoms with Gasteiger partial charge in [-0.2, -0.15) is 0 Å². The van der Waals surface area contributed by atoms with Crippen LogP contribution in [0.2, 0.25) is 0 Å². The number of halogens is 2. The second kappa shape index (κ2) is 12.5. The molecule has 1 unspecified atom stereocenters. The smallest absolute Gasteiger partial charge is 0.328 e. The van der Waals surface area contributed by atoms with Crippen LogP contribution in [0.15, 0.2) is 91.3 Å². The van der Waals surface area contributed by atoms with Crippen molar-refractivity contribution in [3.63, 3.8) is 0 Å². The maximum absolute atomic E-state index is 14.6. The van der Waals surface area contributed by atoms with E-state index < -0.39 is 29.6 Å². The first-order chi connectivity index (χ1) is 20.3. The number of pyridine rings is 1. The van der Waals surface area contributed by atoms with Crippen molar-refractivity contribution in [1.82, 2.24) is 14.7 Å². The highest BCUT2D eigenvalue weighted by Crippen LogP contribution is 2.30. The molecule has 0 saturated heterocycles. The standard InChI is InChI=1S/C32H27F2N3O5/c1-40-24-15-25(33)30(26(34)16-24)22-10-13-29-35-28(18-37(29)17-22)31(38)36-27(32(39)41-2)14-20-8-11-23(12-9-20)42-19-21-6-4-3-5-7-21/h3-13,15-18,27H,14,19H2,1-2H3,(H,36,38). The van der Waals surface area contributed by atoms with Gasteiger partial charge in [0.2, 0.25) is 0 Å². The van der Waals surface area contributed by atoms with Crippen molar-refractivity contribution < 1.29 is 32.6 Å². The number of benzene rings is 3. The minimum atomic E-state index is -0.985. The Bertz CT molecular complexity index is 1700. The van der Waals surface area contributed by atoms with E-state index in [2.05, 4.69) is 10.3 Å². The average molecular weight is 572 g/mol. The van der Waals surface area contributed by atoms with Crippen molar-refractivity contribution in [3.8, 4) is 22.6 Å². The maximum atomic E-state index is 14.6. The number of methoxy groups -OCH3 is 2. The number of ether oxygens (including phenoxy) is 3. The van der Waals surface area contributed by atoms with Gasteiger partial charge in [0.1, 0.15) is 47.1 Å². The number of hydrogen-bond donors (Lipinski definition) is 1. The van der Waals surface area contributed by atoms with Gasteiger partial charge in [0, 0.05) is 36.5 Å². The first kappa shape index (κ1) is 28.3. The predicted molar refractivity (Wildman–Crippen MR) is 151 cm³/mol. The number of carbonyl (C=O) groups is 2. The Kier molecular flexibility index (Phi) is 8.42. The fourth-order valence-electron chi connectivity index (χ4n) is 4.46. The molecule has 1 amide bonds. The largest absolute Gasteiger partial charge is 0.497 e. The van der Waals surface area contributed by atoms with Gasteiger partial charge in [-0.05, 0) is 35.4 Å². The van der Waals surface area contributed by atoms with Gasteiger partial charge in [-0.3, -0.25) is 4.79 Å². The number of nitrogens with one attached hydrogen (secondary N) is 1. The Hall–Kier alpha value is -5.25. The molecule has 2 heterocycles. The van der Waals surface area contributed by atoms with Crippen LogP contribution >= 0.6 is 0 Å². The summed E-state index contributed by atoms with van der Waals surface area (Å²) >= 11 is 0. The molecule has 5 aromatic rings. The fourth-order valence-corrected chi connectivity index (χ4v) is 4.46. The molecule has 0 aliphatic carbocycles. The molecule has 214 valence electrons. The summed E-state index contributed by atoms with van der Waals surface area (Å²) < 4.78 is 46.4. The molecule has 1 atom stereocenters. The van der Waals surface area contributed by atoms with E-state index in [0.717, 1.165) is 23.3 Å². The molecule has 0 bridgehead atoms. The number of rotatable bonds is 10. The van der Waals surface area contributed by atoms with Gasteiger partial charge in [-0.1, -0.05) is 42.5 Å². The van der Waals surface area contributed by atoms with Crippen LogP contribution in [0.25, 0.3) is 16.8 Å². The molecule has 0 aliphatic rings. The summed E-state index contributed by atoms with van der Waals surface area (Å²) in [7, 11) is 2.56. The molecular weight excluding hydrogens is 544 g/mol. The van der Waals surface area contributed by atoms with Gasteiger partial charge in [0.25, 0.3) is 5.91 Å². The van der Waals surface area contributed by atoms with Crippen molar-refractivity contribution in [2.24, 2.45) is 0 Å². The molecule has 3 aromatic carbocycles. The number of carbonyl (C=O) groups excluding carboxylic acids is 2. The second-order valence-corrected chi connectivity index (χ2v) is 9.45. The van der Waals surface area contributed by atoms with E-state index in [-0.39, 0.29) is 29.0 Å². The molecule has 42 heavy (non-hydrogen) atoms. The molecule has 5 rings (SSSR count). The van der Waals surface area contributed by atoms with Crippen molar-refractivity contribution in [2.75, 3.05) is 14.2 Å². The number of fused-ring (bicyclic) bond motifs is 1. The molecule has 0 spiro atoms. The van der Waals surface area contributed by atoms with E-state index in [0.29, 0.717) is 18.0 Å². The third kappa shape index (κ3) is 6.38. The van der Waals surface area contributed by atoms with Crippen LogP contribution < -0.4 is 14.8 Å². The first-order valence-electron chi connectivity index (χ1n) is 13.0. The first-order valence-corrected chi connectivity index (χ1v) is 13.0. The van der Waals surface area contributed by atoms with Crippen LogP contribution in [0.4, 0.5) is 8.78 Å². The lowest BCUT2D eigenvalue weighted by Gasteiger charge is -2.16. The van der Waals surface area contributed by atoms with Crippen LogP contribution in [-0.2, 0) is 22.6 Å². The summed E-state index contributed by atoms with van der Waals surface area (Å²) in [6.45, 7) is 0.422. The predicted octanol–water partition coefficient (Wildman–Crippen LogP) is 5.38. The van der Waals surface area contributed by atoms with E-state index in [4.69, 9.17) is 14.2 Å². The van der Waals surface area contributed by atoms with Crippen molar-refractivity contribution in [2.45, 2.75) is 19.1 Å². The number of aromatic nitrogens is 2. The van der Waals surface area contributed by atoms with Crippen molar-refractivity contribution in [1.29, 1.82) is 0 Å². The van der Waals surface area contributed by atoms with E-state index in [1.54, 1.807) is 12.1 Å². The summed E-state index contributed by atoms with van der Waals surface area (Å²) in [4.78, 5) is 29.9. The lowest BCUT2D eigenvalue weighted by Crippen LogP contribution is -2.43. The molecule has 2 aromatic heterocycles. The lowest BCUT2D eigenvalue weighted by atomic mass is 10.1. The second-order valence-electron chi connectivity index (χ2n) is 9.45. The molecular formula is C32H27F2N3O5. The molecule has 10 heteroatoms. The lowest BCUT2D eigenvalue weighted by molar-refractivity contribution is -0.142. The highest BCUT2D eigenvalue weighted by molar-refractivity contribution is 5.95. The molecule has 0 radical (unpaired) electrons. The molecule has 1 N–H and O–H groups in total. The number of amides is 1. The topological polar surface area (TPSA) is 91.2 Å². The highest BCUT2D eigenvalue weighted by atomic mass is 19.1. The van der Waals surface area contributed by atoms with Gasteiger partial charge in [0.05, 0.1) is 19.8 Å². The fraction of sp³-hybridized carbons (Fsp3) is 0.156. The van der Waals surface area contributed by atoms with E-state index in [9.17, 15) is 18.4 Å². The Balaban J connectivity index is 1.29. The van der Waals surface area contributed by atoms with E-state index >= 15 is 0 Å². The zero-order valence-corrected chi connectivity index (χ0v) is 22.8. The minimum Gasteiger partial charge on any atom is -0.497 e. The number of esters is 1. The number of nitrogens with zero attached hydrogens (tertiary/aromatic N) is 2. The molecule has 8 nitrogen and oxygen atoms in total. The highest BCUT2D eigenvalue weighted by Gasteiger charge is 2.24. The SMILES string of the molecule is COC(=O)C(Cc1ccc(OCc2ccccc2)cc1)NC(=O)c1cn2cc(-c3c(F)cc(OC)cc3F)ccc2n1. The maximum Gasteiger partial charge on any atom is 0.328 e. The van der Waals surface area contributed by atoms with Crippen LogP contribution in [0, 0.1) is 11.6 Å². The summed E-state index contributed by atoms with van der Waals surface area (Å²) in [5.74, 6) is -2.09. The van der Waals surface area contributed by atoms with Crippen LogP contribution in [0.5, 0.6) is 11.5 Å². The zero-order valence-electron chi connectivity index (χ0n) is 22.8. The quantitative estimate of drug-likeness (QED) is 0.226. The van der Waals surface area contributed by atoms with Crippen molar-refractivity contribution in [3.05, 3.63) is 120 Å². The third-order valence-electron chi connectivity index (χ3n) is 6.63. The third-order valence-corrected chi connectivity index (χ3v) is 6.63. The Morgan fingerprint density at radius 1 is 0.881 bits per heavy atom. The van der Waals surface area contributed by atoms with E-state index in [1.165, 1.54) is 43.1 Å². The summed E-state index contributed by atoms with van der Waals surface area (Å²) in [5.41, 5.74) is 2.22. The zero-order chi connectivity index (χ0) is 29.6. The van der Waals surface area contributed by atoms with Gasteiger partial charge in [0.15, 0.2) is 0 Å². The Labute approximate surface area is 240 Å². The minimum absolute atomic E-state index is 0.0152. The van der Waals surface area contributed by atoms with E-state index in [1.807, 2.05) is 42.5 Å². The van der Waals surface area contributed by atoms with Gasteiger partial charge >= 0.3 is 5.97 Å². The molecule has 0 aliphatic heterocycles.